The monoisotopic (exact) mass is 291 g/mol. The summed E-state index contributed by atoms with van der Waals surface area (Å²) in [5.41, 5.74) is 4.76. The lowest BCUT2D eigenvalue weighted by Crippen LogP contribution is -2.26. The fourth-order valence-electron chi connectivity index (χ4n) is 1.84. The van der Waals surface area contributed by atoms with Gasteiger partial charge in [-0.3, -0.25) is 10.1 Å². The van der Waals surface area contributed by atoms with Gasteiger partial charge in [-0.15, -0.1) is 0 Å². The van der Waals surface area contributed by atoms with Crippen LogP contribution < -0.4 is 15.6 Å². The van der Waals surface area contributed by atoms with Crippen molar-refractivity contribution in [3.05, 3.63) is 54.1 Å². The van der Waals surface area contributed by atoms with Gasteiger partial charge < -0.3 is 5.43 Å². The molecule has 6 heteroatoms. The number of hydrogen-bond donors (Lipinski definition) is 2. The number of benzene rings is 2. The van der Waals surface area contributed by atoms with Gasteiger partial charge in [0.05, 0.1) is 10.6 Å². The van der Waals surface area contributed by atoms with E-state index in [0.717, 1.165) is 5.56 Å². The summed E-state index contributed by atoms with van der Waals surface area (Å²) >= 11 is 0. The average molecular weight is 291 g/mol. The van der Waals surface area contributed by atoms with E-state index in [1.54, 1.807) is 25.2 Å². The lowest BCUT2D eigenvalue weighted by Gasteiger charge is -2.20. The lowest BCUT2D eigenvalue weighted by molar-refractivity contribution is 0.594. The van der Waals surface area contributed by atoms with Gasteiger partial charge in [0.25, 0.3) is 10.0 Å². The van der Waals surface area contributed by atoms with Crippen LogP contribution >= 0.6 is 0 Å². The van der Waals surface area contributed by atoms with Crippen molar-refractivity contribution >= 4 is 21.4 Å². The SMILES string of the molecule is Cc1cccc(N(C)S(=O)(=O)c2ccc(NN)cc2)c1. The molecule has 0 saturated carbocycles. The molecular weight excluding hydrogens is 274 g/mol. The van der Waals surface area contributed by atoms with Crippen molar-refractivity contribution in [1.29, 1.82) is 0 Å². The maximum Gasteiger partial charge on any atom is 0.264 e. The van der Waals surface area contributed by atoms with Gasteiger partial charge >= 0.3 is 0 Å². The number of aryl methyl sites for hydroxylation is 1. The number of nitrogens with zero attached hydrogens (tertiary/aromatic N) is 1. The van der Waals surface area contributed by atoms with Crippen molar-refractivity contribution in [1.82, 2.24) is 0 Å². The van der Waals surface area contributed by atoms with E-state index in [2.05, 4.69) is 5.43 Å². The standard InChI is InChI=1S/C14H17N3O2S/c1-11-4-3-5-13(10-11)17(2)20(18,19)14-8-6-12(16-15)7-9-14/h3-10,16H,15H2,1-2H3. The van der Waals surface area contributed by atoms with Crippen molar-refractivity contribution in [2.24, 2.45) is 5.84 Å². The second-order valence-electron chi connectivity index (χ2n) is 4.48. The Bertz CT molecular complexity index is 697. The van der Waals surface area contributed by atoms with E-state index in [4.69, 9.17) is 5.84 Å². The van der Waals surface area contributed by atoms with Crippen molar-refractivity contribution in [3.8, 4) is 0 Å². The summed E-state index contributed by atoms with van der Waals surface area (Å²) in [6.45, 7) is 1.92. The lowest BCUT2D eigenvalue weighted by atomic mass is 10.2. The van der Waals surface area contributed by atoms with Crippen molar-refractivity contribution < 1.29 is 8.42 Å². The highest BCUT2D eigenvalue weighted by atomic mass is 32.2. The minimum absolute atomic E-state index is 0.223. The van der Waals surface area contributed by atoms with Crippen LogP contribution in [0.2, 0.25) is 0 Å². The van der Waals surface area contributed by atoms with E-state index >= 15 is 0 Å². The number of nitrogens with two attached hydrogens (primary N) is 1. The molecule has 5 nitrogen and oxygen atoms in total. The van der Waals surface area contributed by atoms with Crippen LogP contribution in [0.15, 0.2) is 53.4 Å². The first kappa shape index (κ1) is 14.4. The van der Waals surface area contributed by atoms with E-state index in [1.165, 1.54) is 16.4 Å². The number of anilines is 2. The molecule has 0 spiro atoms. The molecule has 20 heavy (non-hydrogen) atoms. The van der Waals surface area contributed by atoms with Crippen LogP contribution in [-0.4, -0.2) is 15.5 Å². The number of sulfonamides is 1. The first-order valence-corrected chi connectivity index (χ1v) is 7.51. The zero-order valence-corrected chi connectivity index (χ0v) is 12.2. The Hall–Kier alpha value is -2.05. The van der Waals surface area contributed by atoms with E-state index in [-0.39, 0.29) is 4.90 Å². The van der Waals surface area contributed by atoms with Gasteiger partial charge in [-0.1, -0.05) is 12.1 Å². The molecular formula is C14H17N3O2S. The van der Waals surface area contributed by atoms with Crippen LogP contribution in [0.4, 0.5) is 11.4 Å². The fraction of sp³-hybridized carbons (Fsp3) is 0.143. The average Bonchev–Trinajstić information content (AvgIpc) is 2.46. The van der Waals surface area contributed by atoms with Gasteiger partial charge in [0.2, 0.25) is 0 Å². The second kappa shape index (κ2) is 5.52. The van der Waals surface area contributed by atoms with Crippen LogP contribution in [0.5, 0.6) is 0 Å². The maximum absolute atomic E-state index is 12.5. The van der Waals surface area contributed by atoms with Gasteiger partial charge in [-0.2, -0.15) is 0 Å². The Kier molecular flexibility index (Phi) is 3.96. The Morgan fingerprint density at radius 1 is 1.10 bits per heavy atom. The number of nitrogens with one attached hydrogen (secondary N) is 1. The van der Waals surface area contributed by atoms with Crippen molar-refractivity contribution in [2.45, 2.75) is 11.8 Å². The van der Waals surface area contributed by atoms with Crippen LogP contribution in [0.25, 0.3) is 0 Å². The third-order valence-corrected chi connectivity index (χ3v) is 4.84. The highest BCUT2D eigenvalue weighted by molar-refractivity contribution is 7.92. The molecule has 0 atom stereocenters. The Labute approximate surface area is 119 Å². The summed E-state index contributed by atoms with van der Waals surface area (Å²) in [5, 5.41) is 0. The van der Waals surface area contributed by atoms with Gasteiger partial charge in [0.1, 0.15) is 0 Å². The van der Waals surface area contributed by atoms with Gasteiger partial charge in [-0.25, -0.2) is 8.42 Å². The number of nitrogen functional groups attached to an aromatic ring is 1. The molecule has 2 aromatic rings. The summed E-state index contributed by atoms with van der Waals surface area (Å²) < 4.78 is 26.3. The summed E-state index contributed by atoms with van der Waals surface area (Å²) in [7, 11) is -2.03. The van der Waals surface area contributed by atoms with Gasteiger partial charge in [0.15, 0.2) is 0 Å². The molecule has 106 valence electrons. The highest BCUT2D eigenvalue weighted by Gasteiger charge is 2.21. The third kappa shape index (κ3) is 2.76. The maximum atomic E-state index is 12.5. The molecule has 0 aliphatic rings. The van der Waals surface area contributed by atoms with Crippen LogP contribution in [-0.2, 0) is 10.0 Å². The zero-order chi connectivity index (χ0) is 14.8. The molecule has 0 amide bonds. The van der Waals surface area contributed by atoms with E-state index in [1.807, 2.05) is 25.1 Å². The minimum atomic E-state index is -3.57. The Balaban J connectivity index is 2.38. The number of hydrazine groups is 1. The molecule has 0 saturated heterocycles. The summed E-state index contributed by atoms with van der Waals surface area (Å²) in [6, 6.07) is 13.6. The van der Waals surface area contributed by atoms with Crippen LogP contribution in [0.3, 0.4) is 0 Å². The fourth-order valence-corrected chi connectivity index (χ4v) is 3.03. The van der Waals surface area contributed by atoms with Crippen LogP contribution in [0, 0.1) is 6.92 Å². The first-order valence-electron chi connectivity index (χ1n) is 6.07. The second-order valence-corrected chi connectivity index (χ2v) is 6.45. The topological polar surface area (TPSA) is 75.4 Å². The molecule has 0 radical (unpaired) electrons. The normalized spacial score (nSPS) is 11.2. The molecule has 3 N–H and O–H groups in total. The molecule has 0 heterocycles. The molecule has 2 rings (SSSR count). The predicted octanol–water partition coefficient (Wildman–Crippen LogP) is 2.11. The molecule has 0 bridgehead atoms. The molecule has 2 aromatic carbocycles. The number of hydrogen-bond acceptors (Lipinski definition) is 4. The molecule has 0 aliphatic carbocycles. The van der Waals surface area contributed by atoms with Gasteiger partial charge in [0, 0.05) is 12.7 Å². The number of rotatable bonds is 4. The van der Waals surface area contributed by atoms with E-state index in [9.17, 15) is 8.42 Å². The first-order chi connectivity index (χ1) is 9.45. The quantitative estimate of drug-likeness (QED) is 0.668. The van der Waals surface area contributed by atoms with E-state index in [0.29, 0.717) is 11.4 Å². The summed E-state index contributed by atoms with van der Waals surface area (Å²) in [4.78, 5) is 0.223. The molecule has 0 fully saturated rings. The Morgan fingerprint density at radius 2 is 1.75 bits per heavy atom. The predicted molar refractivity (Wildman–Crippen MR) is 81.0 cm³/mol. The smallest absolute Gasteiger partial charge is 0.264 e. The molecule has 0 unspecified atom stereocenters. The molecule has 0 aromatic heterocycles. The van der Waals surface area contributed by atoms with Crippen molar-refractivity contribution in [2.75, 3.05) is 16.8 Å². The van der Waals surface area contributed by atoms with Gasteiger partial charge in [-0.05, 0) is 48.9 Å². The van der Waals surface area contributed by atoms with E-state index < -0.39 is 10.0 Å². The minimum Gasteiger partial charge on any atom is -0.324 e. The summed E-state index contributed by atoms with van der Waals surface area (Å²) in [6.07, 6.45) is 0. The molecule has 0 aliphatic heterocycles. The largest absolute Gasteiger partial charge is 0.324 e. The van der Waals surface area contributed by atoms with Crippen LogP contribution in [0.1, 0.15) is 5.56 Å². The van der Waals surface area contributed by atoms with Crippen molar-refractivity contribution in [3.63, 3.8) is 0 Å². The Morgan fingerprint density at radius 3 is 2.30 bits per heavy atom. The summed E-state index contributed by atoms with van der Waals surface area (Å²) in [5.74, 6) is 5.27. The highest BCUT2D eigenvalue weighted by Crippen LogP contribution is 2.23. The third-order valence-electron chi connectivity index (χ3n) is 3.04. The zero-order valence-electron chi connectivity index (χ0n) is 11.4.